The fourth-order valence-electron chi connectivity index (χ4n) is 7.46. The second-order valence-electron chi connectivity index (χ2n) is 12.5. The first kappa shape index (κ1) is 25.4. The molecule has 3 aliphatic heterocycles. The number of carbonyl (C=O) groups is 3. The summed E-state index contributed by atoms with van der Waals surface area (Å²) in [4.78, 5) is 47.3. The first-order valence-corrected chi connectivity index (χ1v) is 14.8. The molecule has 40 heavy (non-hydrogen) atoms. The summed E-state index contributed by atoms with van der Waals surface area (Å²) in [6, 6.07) is 6.37. The van der Waals surface area contributed by atoms with E-state index in [2.05, 4.69) is 42.3 Å². The summed E-state index contributed by atoms with van der Waals surface area (Å²) in [7, 11) is 1.85. The van der Waals surface area contributed by atoms with Gasteiger partial charge in [-0.15, -0.1) is 0 Å². The molecule has 3 saturated heterocycles. The van der Waals surface area contributed by atoms with Crippen molar-refractivity contribution < 1.29 is 14.4 Å². The highest BCUT2D eigenvalue weighted by atomic mass is 16.2. The van der Waals surface area contributed by atoms with Crippen molar-refractivity contribution in [1.29, 1.82) is 0 Å². The number of nitrogens with one attached hydrogen (secondary N) is 1. The highest BCUT2D eigenvalue weighted by Gasteiger charge is 2.51. The third-order valence-electron chi connectivity index (χ3n) is 10.5. The smallest absolute Gasteiger partial charge is 0.317 e. The molecule has 1 saturated carbocycles. The highest BCUT2D eigenvalue weighted by molar-refractivity contribution is 5.95. The van der Waals surface area contributed by atoms with E-state index in [-0.39, 0.29) is 29.9 Å². The number of amides is 4. The third kappa shape index (κ3) is 3.97. The van der Waals surface area contributed by atoms with Crippen LogP contribution in [-0.2, 0) is 17.8 Å². The maximum absolute atomic E-state index is 13.7. The number of piperazine rings is 1. The summed E-state index contributed by atoms with van der Waals surface area (Å²) in [5.41, 5.74) is 6.38. The molecular formula is C30H39N7O3. The fraction of sp³-hybridized carbons (Fsp3) is 0.600. The summed E-state index contributed by atoms with van der Waals surface area (Å²) < 4.78 is 1.84. The Morgan fingerprint density at radius 2 is 1.80 bits per heavy atom. The minimum absolute atomic E-state index is 0.0214. The van der Waals surface area contributed by atoms with Crippen LogP contribution in [0.3, 0.4) is 0 Å². The van der Waals surface area contributed by atoms with E-state index >= 15 is 0 Å². The Hall–Kier alpha value is -3.56. The van der Waals surface area contributed by atoms with Crippen molar-refractivity contribution in [2.45, 2.75) is 57.5 Å². The van der Waals surface area contributed by atoms with Crippen molar-refractivity contribution in [3.8, 4) is 0 Å². The number of hydrogen-bond acceptors (Lipinski definition) is 5. The lowest BCUT2D eigenvalue weighted by Gasteiger charge is -2.42. The van der Waals surface area contributed by atoms with E-state index in [1.807, 2.05) is 26.4 Å². The Kier molecular flexibility index (Phi) is 5.87. The predicted octanol–water partition coefficient (Wildman–Crippen LogP) is 2.14. The number of rotatable bonds is 4. The number of likely N-dealkylation sites (N-methyl/N-ethyl adjacent to an activating group) is 1. The van der Waals surface area contributed by atoms with E-state index in [0.717, 1.165) is 50.0 Å². The standard InChI is InChI=1S/C30H39N7O3/c1-19-5-4-6-23(20(19)2)34-11-13-35(14-12-34)25(38)17-37-24-16-21-15-22(21)26(24)27(32-37)28(39)36-9-7-30(8-10-36)18-31-29(40)33(30)3/h4-6,21-22H,7-18H2,1-3H3,(H,31,40)/t21-,22-/m1/s1. The van der Waals surface area contributed by atoms with E-state index in [4.69, 9.17) is 5.10 Å². The van der Waals surface area contributed by atoms with Crippen LogP contribution in [0, 0.1) is 19.8 Å². The molecule has 1 spiro atoms. The Bertz CT molecular complexity index is 1380. The highest BCUT2D eigenvalue weighted by Crippen LogP contribution is 2.57. The Balaban J connectivity index is 1.03. The fourth-order valence-corrected chi connectivity index (χ4v) is 7.46. The summed E-state index contributed by atoms with van der Waals surface area (Å²) >= 11 is 0. The summed E-state index contributed by atoms with van der Waals surface area (Å²) in [5, 5.41) is 7.75. The molecule has 10 nitrogen and oxygen atoms in total. The minimum atomic E-state index is -0.203. The molecule has 1 aromatic carbocycles. The molecule has 2 atom stereocenters. The van der Waals surface area contributed by atoms with E-state index in [1.165, 1.54) is 16.8 Å². The average molecular weight is 546 g/mol. The van der Waals surface area contributed by atoms with E-state index in [9.17, 15) is 14.4 Å². The monoisotopic (exact) mass is 545 g/mol. The van der Waals surface area contributed by atoms with Crippen LogP contribution in [0.2, 0.25) is 0 Å². The topological polar surface area (TPSA) is 94.0 Å². The maximum Gasteiger partial charge on any atom is 0.317 e. The molecule has 0 unspecified atom stereocenters. The molecule has 10 heteroatoms. The van der Waals surface area contributed by atoms with Crippen LogP contribution in [0.1, 0.15) is 58.1 Å². The number of piperidine rings is 1. The second kappa shape index (κ2) is 9.24. The molecule has 7 rings (SSSR count). The van der Waals surface area contributed by atoms with Crippen molar-refractivity contribution >= 4 is 23.5 Å². The molecule has 4 amide bonds. The number of urea groups is 1. The summed E-state index contributed by atoms with van der Waals surface area (Å²) in [6.07, 6.45) is 3.55. The molecule has 1 N–H and O–H groups in total. The molecule has 0 radical (unpaired) electrons. The van der Waals surface area contributed by atoms with Crippen molar-refractivity contribution in [2.24, 2.45) is 5.92 Å². The molecule has 2 aliphatic carbocycles. The van der Waals surface area contributed by atoms with Gasteiger partial charge in [0.25, 0.3) is 5.91 Å². The molecule has 1 aromatic heterocycles. The molecule has 0 bridgehead atoms. The molecule has 5 aliphatic rings. The van der Waals surface area contributed by atoms with Gasteiger partial charge in [-0.25, -0.2) is 4.79 Å². The molecule has 2 aromatic rings. The number of hydrogen-bond donors (Lipinski definition) is 1. The number of anilines is 1. The summed E-state index contributed by atoms with van der Waals surface area (Å²) in [5.74, 6) is 1.06. The lowest BCUT2D eigenvalue weighted by molar-refractivity contribution is -0.132. The van der Waals surface area contributed by atoms with Crippen LogP contribution >= 0.6 is 0 Å². The Morgan fingerprint density at radius 1 is 1.05 bits per heavy atom. The first-order valence-electron chi connectivity index (χ1n) is 14.8. The number of carbonyl (C=O) groups excluding carboxylic acids is 3. The minimum Gasteiger partial charge on any atom is -0.368 e. The SMILES string of the molecule is Cc1cccc(N2CCN(C(=O)Cn3nc(C(=O)N4CCC5(CC4)CNC(=O)N5C)c4c3C[C@H]3C[C@@H]43)CC2)c1C. The lowest BCUT2D eigenvalue weighted by atomic mass is 9.87. The number of aryl methyl sites for hydroxylation is 1. The Labute approximate surface area is 235 Å². The van der Waals surface area contributed by atoms with Gasteiger partial charge < -0.3 is 24.9 Å². The lowest BCUT2D eigenvalue weighted by Crippen LogP contribution is -2.54. The number of fused-ring (bicyclic) bond motifs is 3. The van der Waals surface area contributed by atoms with Gasteiger partial charge in [0, 0.05) is 69.8 Å². The van der Waals surface area contributed by atoms with Crippen LogP contribution in [0.5, 0.6) is 0 Å². The van der Waals surface area contributed by atoms with E-state index in [1.54, 1.807) is 0 Å². The second-order valence-corrected chi connectivity index (χ2v) is 12.5. The maximum atomic E-state index is 13.7. The average Bonchev–Trinajstić information content (AvgIpc) is 3.38. The van der Waals surface area contributed by atoms with Gasteiger partial charge in [-0.2, -0.15) is 5.10 Å². The van der Waals surface area contributed by atoms with Crippen LogP contribution in [0.15, 0.2) is 18.2 Å². The number of benzene rings is 1. The van der Waals surface area contributed by atoms with Crippen LogP contribution in [0.4, 0.5) is 10.5 Å². The van der Waals surface area contributed by atoms with E-state index in [0.29, 0.717) is 50.3 Å². The zero-order chi connectivity index (χ0) is 27.8. The third-order valence-corrected chi connectivity index (χ3v) is 10.5. The number of likely N-dealkylation sites (tertiary alicyclic amines) is 1. The Morgan fingerprint density at radius 3 is 2.50 bits per heavy atom. The van der Waals surface area contributed by atoms with Gasteiger partial charge >= 0.3 is 6.03 Å². The van der Waals surface area contributed by atoms with Gasteiger partial charge in [0.15, 0.2) is 5.69 Å². The van der Waals surface area contributed by atoms with Gasteiger partial charge in [-0.3, -0.25) is 14.3 Å². The predicted molar refractivity (Wildman–Crippen MR) is 151 cm³/mol. The summed E-state index contributed by atoms with van der Waals surface area (Å²) in [6.45, 7) is 9.36. The largest absolute Gasteiger partial charge is 0.368 e. The van der Waals surface area contributed by atoms with Crippen molar-refractivity contribution in [3.05, 3.63) is 46.3 Å². The zero-order valence-electron chi connectivity index (χ0n) is 23.8. The van der Waals surface area contributed by atoms with Gasteiger partial charge in [0.1, 0.15) is 6.54 Å². The van der Waals surface area contributed by atoms with Crippen LogP contribution in [-0.4, -0.2) is 101 Å². The van der Waals surface area contributed by atoms with Crippen LogP contribution in [0.25, 0.3) is 0 Å². The van der Waals surface area contributed by atoms with Crippen molar-refractivity contribution in [1.82, 2.24) is 29.8 Å². The molecular weight excluding hydrogens is 506 g/mol. The van der Waals surface area contributed by atoms with Gasteiger partial charge in [-0.1, -0.05) is 12.1 Å². The van der Waals surface area contributed by atoms with Gasteiger partial charge in [0.05, 0.1) is 5.54 Å². The van der Waals surface area contributed by atoms with Gasteiger partial charge in [0.2, 0.25) is 5.91 Å². The van der Waals surface area contributed by atoms with Crippen molar-refractivity contribution in [3.63, 3.8) is 0 Å². The quantitative estimate of drug-likeness (QED) is 0.636. The van der Waals surface area contributed by atoms with Gasteiger partial charge in [-0.05, 0) is 68.6 Å². The number of nitrogens with zero attached hydrogens (tertiary/aromatic N) is 6. The van der Waals surface area contributed by atoms with Crippen LogP contribution < -0.4 is 10.2 Å². The molecule has 212 valence electrons. The van der Waals surface area contributed by atoms with Crippen molar-refractivity contribution in [2.75, 3.05) is 57.8 Å². The zero-order valence-corrected chi connectivity index (χ0v) is 23.8. The first-order chi connectivity index (χ1) is 19.3. The number of aromatic nitrogens is 2. The molecule has 4 heterocycles. The normalized spacial score (nSPS) is 24.8. The van der Waals surface area contributed by atoms with E-state index < -0.39 is 0 Å². The molecule has 4 fully saturated rings.